The average molecular weight is 255 g/mol. The third-order valence-corrected chi connectivity index (χ3v) is 2.77. The second-order valence-corrected chi connectivity index (χ2v) is 5.44. The van der Waals surface area contributed by atoms with Crippen LogP contribution >= 0.6 is 0 Å². The first kappa shape index (κ1) is 15.0. The summed E-state index contributed by atoms with van der Waals surface area (Å²) in [5.41, 5.74) is -0.0621. The Morgan fingerprint density at radius 1 is 1.22 bits per heavy atom. The highest BCUT2D eigenvalue weighted by atomic mass is 16.3. The molecule has 1 aromatic rings. The zero-order chi connectivity index (χ0) is 13.7. The average Bonchev–Trinajstić information content (AvgIpc) is 2.60. The number of hydrogen-bond acceptors (Lipinski definition) is 3. The Morgan fingerprint density at radius 2 is 1.89 bits per heavy atom. The maximum Gasteiger partial charge on any atom is 0.328 e. The van der Waals surface area contributed by atoms with E-state index in [0.29, 0.717) is 19.0 Å². The zero-order valence-corrected chi connectivity index (χ0v) is 11.8. The molecule has 0 fully saturated rings. The molecule has 18 heavy (non-hydrogen) atoms. The minimum atomic E-state index is -0.538. The van der Waals surface area contributed by atoms with Crippen molar-refractivity contribution in [3.63, 3.8) is 0 Å². The van der Waals surface area contributed by atoms with Crippen molar-refractivity contribution in [2.45, 2.75) is 46.4 Å². The lowest BCUT2D eigenvalue weighted by Gasteiger charge is -2.13. The molecule has 0 aromatic carbocycles. The third kappa shape index (κ3) is 4.31. The van der Waals surface area contributed by atoms with Crippen molar-refractivity contribution in [1.82, 2.24) is 14.5 Å². The molecule has 104 valence electrons. The summed E-state index contributed by atoms with van der Waals surface area (Å²) in [6.07, 6.45) is 2.96. The maximum absolute atomic E-state index is 11.9. The molecule has 0 aliphatic rings. The summed E-state index contributed by atoms with van der Waals surface area (Å²) in [6.45, 7) is 9.89. The lowest BCUT2D eigenvalue weighted by Crippen LogP contribution is -2.35. The van der Waals surface area contributed by atoms with Crippen LogP contribution in [-0.4, -0.2) is 33.4 Å². The van der Waals surface area contributed by atoms with E-state index >= 15 is 0 Å². The molecule has 0 amide bonds. The monoisotopic (exact) mass is 255 g/mol. The van der Waals surface area contributed by atoms with Gasteiger partial charge in [-0.15, -0.1) is 0 Å². The molecule has 0 spiro atoms. The molecular weight excluding hydrogens is 230 g/mol. The first-order valence-corrected chi connectivity index (χ1v) is 6.57. The maximum atomic E-state index is 11.9. The molecule has 1 rings (SSSR count). The smallest absolute Gasteiger partial charge is 0.328 e. The fourth-order valence-electron chi connectivity index (χ4n) is 1.79. The lowest BCUT2D eigenvalue weighted by molar-refractivity contribution is 0.149. The summed E-state index contributed by atoms with van der Waals surface area (Å²) in [7, 11) is 0. The predicted molar refractivity (Wildman–Crippen MR) is 72.8 cm³/mol. The van der Waals surface area contributed by atoms with Gasteiger partial charge in [0.05, 0.1) is 12.6 Å². The second kappa shape index (κ2) is 6.75. The number of nitrogens with zero attached hydrogens (tertiary/aromatic N) is 2. The van der Waals surface area contributed by atoms with Crippen LogP contribution in [0.2, 0.25) is 0 Å². The van der Waals surface area contributed by atoms with E-state index in [1.165, 1.54) is 0 Å². The van der Waals surface area contributed by atoms with E-state index < -0.39 is 6.10 Å². The summed E-state index contributed by atoms with van der Waals surface area (Å²) in [6, 6.07) is 0.148. The topological polar surface area (TPSA) is 59.2 Å². The molecule has 1 heterocycles. The van der Waals surface area contributed by atoms with Crippen molar-refractivity contribution in [3.05, 3.63) is 22.9 Å². The highest BCUT2D eigenvalue weighted by Gasteiger charge is 2.10. The Balaban J connectivity index is 2.49. The largest absolute Gasteiger partial charge is 0.390 e. The van der Waals surface area contributed by atoms with E-state index in [0.717, 1.165) is 6.54 Å². The molecule has 0 saturated carbocycles. The molecule has 0 aliphatic carbocycles. The normalized spacial score (nSPS) is 13.5. The minimum absolute atomic E-state index is 0.0621. The van der Waals surface area contributed by atoms with E-state index in [1.807, 2.05) is 13.8 Å². The summed E-state index contributed by atoms with van der Waals surface area (Å²) in [5, 5.41) is 13.0. The molecule has 0 saturated heterocycles. The van der Waals surface area contributed by atoms with Gasteiger partial charge in [0, 0.05) is 25.0 Å². The predicted octanol–water partition coefficient (Wildman–Crippen LogP) is 0.837. The Morgan fingerprint density at radius 3 is 2.39 bits per heavy atom. The third-order valence-electron chi connectivity index (χ3n) is 2.77. The molecular formula is C13H25N3O2. The van der Waals surface area contributed by atoms with Crippen LogP contribution in [0.4, 0.5) is 0 Å². The van der Waals surface area contributed by atoms with Crippen LogP contribution in [-0.2, 0) is 6.54 Å². The van der Waals surface area contributed by atoms with Crippen LogP contribution in [0, 0.1) is 5.92 Å². The summed E-state index contributed by atoms with van der Waals surface area (Å²) < 4.78 is 3.22. The fourth-order valence-corrected chi connectivity index (χ4v) is 1.79. The van der Waals surface area contributed by atoms with Crippen LogP contribution < -0.4 is 11.0 Å². The standard InChI is InChI=1S/C13H25N3O2/c1-10(2)7-14-8-12(17)9-15-5-6-16(11(3)4)13(15)18/h5-6,10-12,14,17H,7-9H2,1-4H3. The fraction of sp³-hybridized carbons (Fsp3) is 0.769. The van der Waals surface area contributed by atoms with Crippen molar-refractivity contribution >= 4 is 0 Å². The van der Waals surface area contributed by atoms with Gasteiger partial charge in [-0.1, -0.05) is 13.8 Å². The van der Waals surface area contributed by atoms with E-state index in [-0.39, 0.29) is 11.7 Å². The number of aromatic nitrogens is 2. The molecule has 5 heteroatoms. The van der Waals surface area contributed by atoms with E-state index in [1.54, 1.807) is 21.5 Å². The van der Waals surface area contributed by atoms with Gasteiger partial charge in [0.25, 0.3) is 0 Å². The molecule has 1 aromatic heterocycles. The summed E-state index contributed by atoms with van der Waals surface area (Å²) in [5.74, 6) is 0.557. The Kier molecular flexibility index (Phi) is 5.62. The van der Waals surface area contributed by atoms with Crippen molar-refractivity contribution in [3.8, 4) is 0 Å². The Labute approximate surface area is 108 Å². The van der Waals surface area contributed by atoms with Crippen LogP contribution in [0.3, 0.4) is 0 Å². The van der Waals surface area contributed by atoms with Crippen molar-refractivity contribution in [2.24, 2.45) is 5.92 Å². The highest BCUT2D eigenvalue weighted by Crippen LogP contribution is 1.99. The number of rotatable bonds is 7. The van der Waals surface area contributed by atoms with Gasteiger partial charge < -0.3 is 10.4 Å². The molecule has 1 unspecified atom stereocenters. The molecule has 2 N–H and O–H groups in total. The van der Waals surface area contributed by atoms with Crippen LogP contribution in [0.1, 0.15) is 33.7 Å². The van der Waals surface area contributed by atoms with Gasteiger partial charge in [0.1, 0.15) is 0 Å². The van der Waals surface area contributed by atoms with Gasteiger partial charge in [0.15, 0.2) is 0 Å². The van der Waals surface area contributed by atoms with E-state index in [9.17, 15) is 9.90 Å². The van der Waals surface area contributed by atoms with Gasteiger partial charge in [-0.3, -0.25) is 9.13 Å². The van der Waals surface area contributed by atoms with Crippen LogP contribution in [0.5, 0.6) is 0 Å². The van der Waals surface area contributed by atoms with Gasteiger partial charge in [-0.25, -0.2) is 4.79 Å². The van der Waals surface area contributed by atoms with Gasteiger partial charge in [-0.2, -0.15) is 0 Å². The second-order valence-electron chi connectivity index (χ2n) is 5.44. The molecule has 0 radical (unpaired) electrons. The quantitative estimate of drug-likeness (QED) is 0.759. The molecule has 1 atom stereocenters. The van der Waals surface area contributed by atoms with Gasteiger partial charge in [0.2, 0.25) is 0 Å². The molecule has 5 nitrogen and oxygen atoms in total. The van der Waals surface area contributed by atoms with E-state index in [2.05, 4.69) is 19.2 Å². The lowest BCUT2D eigenvalue weighted by atomic mass is 10.2. The number of aliphatic hydroxyl groups is 1. The van der Waals surface area contributed by atoms with Crippen LogP contribution in [0.25, 0.3) is 0 Å². The summed E-state index contributed by atoms with van der Waals surface area (Å²) >= 11 is 0. The molecule has 0 bridgehead atoms. The first-order chi connectivity index (χ1) is 8.41. The van der Waals surface area contributed by atoms with Crippen LogP contribution in [0.15, 0.2) is 17.2 Å². The van der Waals surface area contributed by atoms with Gasteiger partial charge >= 0.3 is 5.69 Å². The zero-order valence-electron chi connectivity index (χ0n) is 11.8. The number of nitrogens with one attached hydrogen (secondary N) is 1. The first-order valence-electron chi connectivity index (χ1n) is 6.57. The van der Waals surface area contributed by atoms with E-state index in [4.69, 9.17) is 0 Å². The van der Waals surface area contributed by atoms with Crippen molar-refractivity contribution in [2.75, 3.05) is 13.1 Å². The number of imidazole rings is 1. The number of aliphatic hydroxyl groups excluding tert-OH is 1. The minimum Gasteiger partial charge on any atom is -0.390 e. The number of hydrogen-bond donors (Lipinski definition) is 2. The SMILES string of the molecule is CC(C)CNCC(O)Cn1ccn(C(C)C)c1=O. The highest BCUT2D eigenvalue weighted by molar-refractivity contribution is 4.84. The Bertz CT molecular complexity index is 407. The van der Waals surface area contributed by atoms with Gasteiger partial charge in [-0.05, 0) is 26.3 Å². The molecule has 0 aliphatic heterocycles. The van der Waals surface area contributed by atoms with Crippen molar-refractivity contribution < 1.29 is 5.11 Å². The Hall–Kier alpha value is -1.07. The summed E-state index contributed by atoms with van der Waals surface area (Å²) in [4.78, 5) is 11.9. The van der Waals surface area contributed by atoms with Crippen molar-refractivity contribution in [1.29, 1.82) is 0 Å².